The summed E-state index contributed by atoms with van der Waals surface area (Å²) >= 11 is 11.7. The van der Waals surface area contributed by atoms with E-state index >= 15 is 0 Å². The first-order valence-electron chi connectivity index (χ1n) is 8.87. The number of benzene rings is 2. The maximum absolute atomic E-state index is 5.87. The Kier molecular flexibility index (Phi) is 7.93. The fourth-order valence-corrected chi connectivity index (χ4v) is 4.00. The first-order chi connectivity index (χ1) is 12.4. The van der Waals surface area contributed by atoms with E-state index in [0.29, 0.717) is 11.8 Å². The van der Waals surface area contributed by atoms with Crippen LogP contribution in [0, 0.1) is 27.7 Å². The summed E-state index contributed by atoms with van der Waals surface area (Å²) in [6, 6.07) is 17.4. The third-order valence-corrected chi connectivity index (χ3v) is 5.54. The monoisotopic (exact) mass is 472 g/mol. The number of fused-ring (bicyclic) bond motifs is 2. The molecule has 0 saturated heterocycles. The van der Waals surface area contributed by atoms with Gasteiger partial charge in [-0.15, -0.1) is 91.3 Å². The summed E-state index contributed by atoms with van der Waals surface area (Å²) in [6.45, 7) is 8.52. The van der Waals surface area contributed by atoms with Gasteiger partial charge in [0.25, 0.3) is 0 Å². The van der Waals surface area contributed by atoms with Crippen LogP contribution in [0.15, 0.2) is 48.5 Å². The zero-order valence-electron chi connectivity index (χ0n) is 16.3. The van der Waals surface area contributed by atoms with Crippen molar-refractivity contribution in [3.8, 4) is 0 Å². The molecule has 0 fully saturated rings. The van der Waals surface area contributed by atoms with Gasteiger partial charge in [0.05, 0.1) is 0 Å². The molecular weight excluding hydrogens is 450 g/mol. The van der Waals surface area contributed by atoms with Crippen LogP contribution in [0.3, 0.4) is 0 Å². The summed E-state index contributed by atoms with van der Waals surface area (Å²) in [7, 11) is 0. The van der Waals surface area contributed by atoms with Crippen LogP contribution >= 0.6 is 23.2 Å². The smallest absolute Gasteiger partial charge is 0.165 e. The van der Waals surface area contributed by atoms with E-state index in [0.717, 1.165) is 0 Å². The average Bonchev–Trinajstić information content (AvgIpc) is 3.20. The molecule has 0 amide bonds. The maximum Gasteiger partial charge on any atom is 2.00 e. The summed E-state index contributed by atoms with van der Waals surface area (Å²) in [4.78, 5) is 0. The number of hydrogen-bond donors (Lipinski definition) is 0. The molecule has 0 aliphatic heterocycles. The Morgan fingerprint density at radius 3 is 1.37 bits per heavy atom. The number of aryl methyl sites for hydroxylation is 4. The molecule has 4 aromatic rings. The van der Waals surface area contributed by atoms with Crippen molar-refractivity contribution in [1.29, 1.82) is 0 Å². The fraction of sp³-hybridized carbons (Fsp3) is 0.250. The van der Waals surface area contributed by atoms with E-state index in [1.165, 1.54) is 54.9 Å². The summed E-state index contributed by atoms with van der Waals surface area (Å²) in [6.07, 6.45) is 0. The topological polar surface area (TPSA) is 0 Å². The zero-order valence-corrected chi connectivity index (χ0v) is 20.3. The molecule has 0 aliphatic rings. The summed E-state index contributed by atoms with van der Waals surface area (Å²) < 4.78 is 0. The molecule has 0 N–H and O–H groups in total. The molecular formula is C24H24Cl2Zr. The van der Waals surface area contributed by atoms with Crippen molar-refractivity contribution >= 4 is 44.7 Å². The van der Waals surface area contributed by atoms with Gasteiger partial charge in [0.2, 0.25) is 0 Å². The predicted octanol–water partition coefficient (Wildman–Crippen LogP) is 7.83. The van der Waals surface area contributed by atoms with Gasteiger partial charge < -0.3 is 0 Å². The van der Waals surface area contributed by atoms with Crippen molar-refractivity contribution in [2.24, 2.45) is 0 Å². The second-order valence-electron chi connectivity index (χ2n) is 7.07. The van der Waals surface area contributed by atoms with Gasteiger partial charge in [-0.3, -0.25) is 0 Å². The second-order valence-corrected chi connectivity index (χ2v) is 7.61. The summed E-state index contributed by atoms with van der Waals surface area (Å²) in [5.74, 6) is 1.19. The van der Waals surface area contributed by atoms with E-state index in [1.807, 2.05) is 0 Å². The van der Waals surface area contributed by atoms with Crippen molar-refractivity contribution in [3.05, 3.63) is 81.9 Å². The molecule has 3 heteroatoms. The van der Waals surface area contributed by atoms with E-state index < -0.39 is 0 Å². The molecule has 0 aliphatic carbocycles. The van der Waals surface area contributed by atoms with Crippen LogP contribution in [-0.4, -0.2) is 0 Å². The molecule has 4 aromatic carbocycles. The van der Waals surface area contributed by atoms with Gasteiger partial charge in [-0.1, -0.05) is 51.0 Å². The molecule has 0 aromatic heterocycles. The van der Waals surface area contributed by atoms with E-state index in [9.17, 15) is 0 Å². The van der Waals surface area contributed by atoms with E-state index in [2.05, 4.69) is 76.2 Å². The molecule has 138 valence electrons. The van der Waals surface area contributed by atoms with Crippen LogP contribution in [0.2, 0.25) is 0 Å². The quantitative estimate of drug-likeness (QED) is 0.205. The van der Waals surface area contributed by atoms with Gasteiger partial charge >= 0.3 is 26.2 Å². The van der Waals surface area contributed by atoms with Crippen LogP contribution in [0.5, 0.6) is 0 Å². The zero-order chi connectivity index (χ0) is 18.8. The second kappa shape index (κ2) is 9.55. The Hall–Kier alpha value is -0.877. The van der Waals surface area contributed by atoms with Crippen LogP contribution < -0.4 is 0 Å². The molecule has 0 unspecified atom stereocenters. The van der Waals surface area contributed by atoms with Crippen LogP contribution in [0.4, 0.5) is 0 Å². The van der Waals surface area contributed by atoms with Gasteiger partial charge in [0.15, 0.2) is 0 Å². The summed E-state index contributed by atoms with van der Waals surface area (Å²) in [5.41, 5.74) is 7.76. The molecule has 0 bridgehead atoms. The molecule has 4 rings (SSSR count). The third-order valence-electron chi connectivity index (χ3n) is 4.97. The van der Waals surface area contributed by atoms with E-state index in [1.54, 1.807) is 0 Å². The Labute approximate surface area is 191 Å². The molecule has 27 heavy (non-hydrogen) atoms. The van der Waals surface area contributed by atoms with Gasteiger partial charge in [0, 0.05) is 11.8 Å². The van der Waals surface area contributed by atoms with E-state index in [-0.39, 0.29) is 26.2 Å². The minimum absolute atomic E-state index is 0. The van der Waals surface area contributed by atoms with Crippen molar-refractivity contribution in [1.82, 2.24) is 0 Å². The van der Waals surface area contributed by atoms with Crippen molar-refractivity contribution < 1.29 is 26.2 Å². The SMILES string of the molecule is Cc1cc2c(CCl)ccc(C)c2[cH-]1.Cc1cc2c(CCl)ccc(C)c2[cH-]1.[Zr+2]. The molecule has 0 spiro atoms. The van der Waals surface area contributed by atoms with Crippen molar-refractivity contribution in [2.45, 2.75) is 39.5 Å². The van der Waals surface area contributed by atoms with E-state index in [4.69, 9.17) is 23.2 Å². The van der Waals surface area contributed by atoms with Crippen LogP contribution in [0.25, 0.3) is 21.5 Å². The number of hydrogen-bond acceptors (Lipinski definition) is 0. The van der Waals surface area contributed by atoms with Gasteiger partial charge in [-0.2, -0.15) is 12.1 Å². The molecule has 0 heterocycles. The van der Waals surface area contributed by atoms with Gasteiger partial charge in [-0.25, -0.2) is 0 Å². The fourth-order valence-electron chi connectivity index (χ4n) is 3.53. The third kappa shape index (κ3) is 4.76. The molecule has 0 saturated carbocycles. The minimum Gasteiger partial charge on any atom is -0.165 e. The van der Waals surface area contributed by atoms with Crippen LogP contribution in [0.1, 0.15) is 33.4 Å². The van der Waals surface area contributed by atoms with Crippen molar-refractivity contribution in [2.75, 3.05) is 0 Å². The minimum atomic E-state index is 0. The molecule has 0 nitrogen and oxygen atoms in total. The molecule has 0 atom stereocenters. The molecule has 0 radical (unpaired) electrons. The van der Waals surface area contributed by atoms with Gasteiger partial charge in [-0.05, 0) is 0 Å². The largest absolute Gasteiger partial charge is 2.00 e. The first-order valence-corrected chi connectivity index (χ1v) is 9.94. The Morgan fingerprint density at radius 2 is 1.04 bits per heavy atom. The first kappa shape index (κ1) is 22.4. The van der Waals surface area contributed by atoms with Crippen molar-refractivity contribution in [3.63, 3.8) is 0 Å². The number of rotatable bonds is 2. The Bertz CT molecular complexity index is 967. The predicted molar refractivity (Wildman–Crippen MR) is 117 cm³/mol. The Morgan fingerprint density at radius 1 is 0.667 bits per heavy atom. The van der Waals surface area contributed by atoms with Crippen LogP contribution in [-0.2, 0) is 38.0 Å². The maximum atomic E-state index is 5.87. The number of alkyl halides is 2. The van der Waals surface area contributed by atoms with Gasteiger partial charge in [0.1, 0.15) is 0 Å². The standard InChI is InChI=1S/2C12H12Cl.Zr/c2*1-8-5-11-9(2)3-4-10(7-13)12(11)6-8;/h2*3-6H,7H2,1-2H3;/q2*-1;+2. The average molecular weight is 475 g/mol. The Balaban J connectivity index is 0.000000187. The number of halogens is 2. The normalized spacial score (nSPS) is 10.6. The summed E-state index contributed by atoms with van der Waals surface area (Å²) in [5, 5.41) is 5.31.